The van der Waals surface area contributed by atoms with Crippen LogP contribution in [-0.4, -0.2) is 12.1 Å². The molecular weight excluding hydrogens is 280 g/mol. The molecule has 3 heteroatoms. The Bertz CT molecular complexity index is 541. The highest BCUT2D eigenvalue weighted by molar-refractivity contribution is 9.10. The first-order chi connectivity index (χ1) is 8.20. The second kappa shape index (κ2) is 5.06. The maximum atomic E-state index is 11.1. The van der Waals surface area contributed by atoms with Crippen LogP contribution in [0.3, 0.4) is 0 Å². The summed E-state index contributed by atoms with van der Waals surface area (Å²) in [6.07, 6.45) is 0.328. The van der Waals surface area contributed by atoms with Crippen molar-refractivity contribution in [3.63, 3.8) is 0 Å². The van der Waals surface area contributed by atoms with E-state index in [2.05, 4.69) is 15.9 Å². The van der Waals surface area contributed by atoms with Crippen LogP contribution in [0.2, 0.25) is 0 Å². The molecule has 0 unspecified atom stereocenters. The number of halogens is 1. The molecule has 84 valence electrons. The minimum absolute atomic E-state index is 0.328. The molecule has 17 heavy (non-hydrogen) atoms. The van der Waals surface area contributed by atoms with Gasteiger partial charge in [0.15, 0.2) is 6.29 Å². The highest BCUT2D eigenvalue weighted by Crippen LogP contribution is 2.22. The van der Waals surface area contributed by atoms with Crippen LogP contribution >= 0.6 is 15.9 Å². The Morgan fingerprint density at radius 2 is 1.35 bits per heavy atom. The molecule has 0 atom stereocenters. The van der Waals surface area contributed by atoms with Gasteiger partial charge < -0.3 is 0 Å². The molecule has 0 spiro atoms. The lowest BCUT2D eigenvalue weighted by Crippen LogP contribution is -1.98. The van der Waals surface area contributed by atoms with Gasteiger partial charge in [-0.25, -0.2) is 0 Å². The molecule has 0 saturated heterocycles. The molecule has 0 aliphatic rings. The van der Waals surface area contributed by atoms with Crippen LogP contribution in [-0.2, 0) is 4.79 Å². The third-order valence-electron chi connectivity index (χ3n) is 2.45. The van der Waals surface area contributed by atoms with Crippen molar-refractivity contribution in [1.29, 1.82) is 0 Å². The summed E-state index contributed by atoms with van der Waals surface area (Å²) < 4.78 is 1.02. The molecule has 2 aromatic rings. The quantitative estimate of drug-likeness (QED) is 0.492. The summed E-state index contributed by atoms with van der Waals surface area (Å²) in [7, 11) is 0. The number of aldehydes is 1. The van der Waals surface area contributed by atoms with Crippen molar-refractivity contribution in [2.24, 2.45) is 0 Å². The molecule has 0 aromatic heterocycles. The average molecular weight is 289 g/mol. The van der Waals surface area contributed by atoms with E-state index in [-0.39, 0.29) is 0 Å². The fourth-order valence-corrected chi connectivity index (χ4v) is 1.80. The zero-order chi connectivity index (χ0) is 12.3. The third kappa shape index (κ3) is 2.68. The number of carbonyl (C=O) groups is 2. The monoisotopic (exact) mass is 288 g/mol. The summed E-state index contributed by atoms with van der Waals surface area (Å²) in [5, 5.41) is 0. The summed E-state index contributed by atoms with van der Waals surface area (Å²) in [5.41, 5.74) is 2.50. The average Bonchev–Trinajstić information content (AvgIpc) is 2.39. The van der Waals surface area contributed by atoms with Crippen molar-refractivity contribution in [3.05, 3.63) is 58.6 Å². The highest BCUT2D eigenvalue weighted by atomic mass is 79.9. The molecule has 2 nitrogen and oxygen atoms in total. The minimum atomic E-state index is -0.493. The topological polar surface area (TPSA) is 34.1 Å². The van der Waals surface area contributed by atoms with Crippen LogP contribution in [0.4, 0.5) is 0 Å². The number of rotatable bonds is 3. The number of hydrogen-bond donors (Lipinski definition) is 0. The zero-order valence-corrected chi connectivity index (χ0v) is 10.5. The minimum Gasteiger partial charge on any atom is -0.294 e. The molecule has 0 bridgehead atoms. The van der Waals surface area contributed by atoms with E-state index >= 15 is 0 Å². The molecule has 2 rings (SSSR count). The molecule has 0 aliphatic heterocycles. The smallest absolute Gasteiger partial charge is 0.225 e. The Balaban J connectivity index is 2.32. The fourth-order valence-electron chi connectivity index (χ4n) is 1.54. The summed E-state index contributed by atoms with van der Waals surface area (Å²) in [6.45, 7) is 0. The number of hydrogen-bond acceptors (Lipinski definition) is 2. The lowest BCUT2D eigenvalue weighted by Gasteiger charge is -2.02. The van der Waals surface area contributed by atoms with E-state index in [0.717, 1.165) is 15.6 Å². The van der Waals surface area contributed by atoms with Crippen molar-refractivity contribution in [2.45, 2.75) is 0 Å². The number of benzene rings is 2. The van der Waals surface area contributed by atoms with Gasteiger partial charge in [-0.05, 0) is 23.3 Å². The Morgan fingerprint density at radius 1 is 0.882 bits per heavy atom. The molecule has 2 aromatic carbocycles. The van der Waals surface area contributed by atoms with Crippen LogP contribution in [0, 0.1) is 0 Å². The largest absolute Gasteiger partial charge is 0.294 e. The second-order valence-corrected chi connectivity index (χ2v) is 4.48. The van der Waals surface area contributed by atoms with Gasteiger partial charge in [0.1, 0.15) is 0 Å². The van der Waals surface area contributed by atoms with Gasteiger partial charge in [-0.2, -0.15) is 0 Å². The predicted octanol–water partition coefficient (Wildman–Crippen LogP) is 3.50. The van der Waals surface area contributed by atoms with Crippen molar-refractivity contribution >= 4 is 28.0 Å². The van der Waals surface area contributed by atoms with Crippen molar-refractivity contribution in [2.75, 3.05) is 0 Å². The van der Waals surface area contributed by atoms with E-state index in [1.165, 1.54) is 0 Å². The van der Waals surface area contributed by atoms with E-state index in [1.807, 2.05) is 36.4 Å². The molecule has 0 heterocycles. The Hall–Kier alpha value is -1.74. The lowest BCUT2D eigenvalue weighted by atomic mass is 10.0. The van der Waals surface area contributed by atoms with Crippen molar-refractivity contribution < 1.29 is 9.59 Å². The SMILES string of the molecule is O=CC(=O)c1ccc(-c2ccc(Br)cc2)cc1. The Morgan fingerprint density at radius 3 is 1.82 bits per heavy atom. The summed E-state index contributed by atoms with van der Waals surface area (Å²) in [4.78, 5) is 21.5. The second-order valence-electron chi connectivity index (χ2n) is 3.57. The van der Waals surface area contributed by atoms with Crippen LogP contribution in [0.1, 0.15) is 10.4 Å². The van der Waals surface area contributed by atoms with E-state index < -0.39 is 5.78 Å². The summed E-state index contributed by atoms with van der Waals surface area (Å²) >= 11 is 3.37. The number of ketones is 1. The van der Waals surface area contributed by atoms with Crippen LogP contribution in [0.5, 0.6) is 0 Å². The maximum absolute atomic E-state index is 11.1. The van der Waals surface area contributed by atoms with E-state index in [4.69, 9.17) is 0 Å². The van der Waals surface area contributed by atoms with Gasteiger partial charge in [0, 0.05) is 10.0 Å². The third-order valence-corrected chi connectivity index (χ3v) is 2.98. The molecule has 0 N–H and O–H groups in total. The molecule has 0 fully saturated rings. The van der Waals surface area contributed by atoms with E-state index in [9.17, 15) is 9.59 Å². The Labute approximate surface area is 107 Å². The normalized spacial score (nSPS) is 9.94. The first-order valence-electron chi connectivity index (χ1n) is 5.06. The van der Waals surface area contributed by atoms with Gasteiger partial charge in [0.2, 0.25) is 5.78 Å². The first kappa shape index (κ1) is 11.7. The summed E-state index contributed by atoms with van der Waals surface area (Å²) in [5.74, 6) is -0.493. The van der Waals surface area contributed by atoms with Gasteiger partial charge in [-0.1, -0.05) is 52.3 Å². The van der Waals surface area contributed by atoms with E-state index in [0.29, 0.717) is 11.8 Å². The van der Waals surface area contributed by atoms with Crippen molar-refractivity contribution in [3.8, 4) is 11.1 Å². The molecule has 0 amide bonds. The summed E-state index contributed by atoms with van der Waals surface area (Å²) in [6, 6.07) is 14.9. The molecule has 0 radical (unpaired) electrons. The van der Waals surface area contributed by atoms with Crippen LogP contribution in [0.15, 0.2) is 53.0 Å². The van der Waals surface area contributed by atoms with Gasteiger partial charge in [0.25, 0.3) is 0 Å². The molecule has 0 saturated carbocycles. The fraction of sp³-hybridized carbons (Fsp3) is 0. The molecular formula is C14H9BrO2. The maximum Gasteiger partial charge on any atom is 0.225 e. The standard InChI is InChI=1S/C14H9BrO2/c15-13-7-5-11(6-8-13)10-1-3-12(4-2-10)14(17)9-16/h1-9H. The van der Waals surface area contributed by atoms with Gasteiger partial charge in [-0.3, -0.25) is 9.59 Å². The van der Waals surface area contributed by atoms with Gasteiger partial charge in [-0.15, -0.1) is 0 Å². The van der Waals surface area contributed by atoms with Crippen LogP contribution in [0.25, 0.3) is 11.1 Å². The number of carbonyl (C=O) groups excluding carboxylic acids is 2. The first-order valence-corrected chi connectivity index (χ1v) is 5.85. The number of Topliss-reactive ketones (excluding diaryl/α,β-unsaturated/α-hetero) is 1. The Kier molecular flexibility index (Phi) is 3.49. The predicted molar refractivity (Wildman–Crippen MR) is 70.0 cm³/mol. The van der Waals surface area contributed by atoms with E-state index in [1.54, 1.807) is 12.1 Å². The zero-order valence-electron chi connectivity index (χ0n) is 8.89. The van der Waals surface area contributed by atoms with Gasteiger partial charge in [0.05, 0.1) is 0 Å². The highest BCUT2D eigenvalue weighted by Gasteiger charge is 2.04. The van der Waals surface area contributed by atoms with Crippen molar-refractivity contribution in [1.82, 2.24) is 0 Å². The lowest BCUT2D eigenvalue weighted by molar-refractivity contribution is -0.104. The van der Waals surface area contributed by atoms with Crippen LogP contribution < -0.4 is 0 Å². The van der Waals surface area contributed by atoms with Gasteiger partial charge >= 0.3 is 0 Å². The molecule has 0 aliphatic carbocycles.